The molecule has 1 saturated heterocycles. The van der Waals surface area contributed by atoms with Crippen molar-refractivity contribution in [3.05, 3.63) is 16.3 Å². The van der Waals surface area contributed by atoms with Gasteiger partial charge in [-0.3, -0.25) is 4.79 Å². The van der Waals surface area contributed by atoms with Crippen molar-refractivity contribution >= 4 is 41.4 Å². The van der Waals surface area contributed by atoms with Crippen molar-refractivity contribution in [2.75, 3.05) is 32.9 Å². The third-order valence-corrected chi connectivity index (χ3v) is 5.25. The molecule has 0 unspecified atom stereocenters. The van der Waals surface area contributed by atoms with Crippen LogP contribution in [0.5, 0.6) is 0 Å². The van der Waals surface area contributed by atoms with Crippen molar-refractivity contribution < 1.29 is 4.79 Å². The summed E-state index contributed by atoms with van der Waals surface area (Å²) in [7, 11) is 1.99. The van der Waals surface area contributed by atoms with Crippen LogP contribution in [0.3, 0.4) is 0 Å². The fourth-order valence-electron chi connectivity index (χ4n) is 2.39. The van der Waals surface area contributed by atoms with Gasteiger partial charge in [-0.05, 0) is 50.1 Å². The Labute approximate surface area is 129 Å². The summed E-state index contributed by atoms with van der Waals surface area (Å²) < 4.78 is 0. The number of rotatable bonds is 4. The number of nitrogens with zero attached hydrogens (tertiary/aromatic N) is 1. The molecule has 2 heterocycles. The average Bonchev–Trinajstić information content (AvgIpc) is 2.87. The molecule has 1 aromatic heterocycles. The minimum atomic E-state index is 0. The molecule has 0 spiro atoms. The number of carbonyl (C=O) groups excluding carboxylic acids is 1. The Kier molecular flexibility index (Phi) is 7.21. The van der Waals surface area contributed by atoms with Crippen LogP contribution in [-0.4, -0.2) is 43.7 Å². The number of amides is 1. The highest BCUT2D eigenvalue weighted by Gasteiger charge is 2.25. The van der Waals surface area contributed by atoms with Crippen LogP contribution in [0.2, 0.25) is 0 Å². The average molecular weight is 321 g/mol. The summed E-state index contributed by atoms with van der Waals surface area (Å²) in [5.74, 6) is 0.944. The summed E-state index contributed by atoms with van der Waals surface area (Å²) >= 11 is 3.22. The molecule has 19 heavy (non-hydrogen) atoms. The molecule has 2 rings (SSSR count). The number of piperidine rings is 1. The summed E-state index contributed by atoms with van der Waals surface area (Å²) in [6, 6.07) is 2.04. The van der Waals surface area contributed by atoms with Crippen LogP contribution in [0.25, 0.3) is 0 Å². The van der Waals surface area contributed by atoms with E-state index < -0.39 is 0 Å². The molecule has 0 radical (unpaired) electrons. The molecule has 1 aromatic rings. The molecule has 1 fully saturated rings. The highest BCUT2D eigenvalue weighted by molar-refractivity contribution is 7.98. The molecular weight excluding hydrogens is 300 g/mol. The van der Waals surface area contributed by atoms with Gasteiger partial charge in [0.05, 0.1) is 0 Å². The molecule has 0 bridgehead atoms. The summed E-state index contributed by atoms with van der Waals surface area (Å²) in [6.07, 6.45) is 4.26. The van der Waals surface area contributed by atoms with Crippen LogP contribution in [0, 0.1) is 5.92 Å². The van der Waals surface area contributed by atoms with Gasteiger partial charge in [0, 0.05) is 18.0 Å². The van der Waals surface area contributed by atoms with Crippen molar-refractivity contribution in [1.29, 1.82) is 0 Å². The van der Waals surface area contributed by atoms with Crippen molar-refractivity contribution in [3.63, 3.8) is 0 Å². The zero-order valence-corrected chi connectivity index (χ0v) is 13.8. The lowest BCUT2D eigenvalue weighted by Crippen LogP contribution is -2.40. The maximum Gasteiger partial charge on any atom is 0.265 e. The normalized spacial score (nSPS) is 16.2. The summed E-state index contributed by atoms with van der Waals surface area (Å²) in [6.45, 7) is 2.87. The number of likely N-dealkylation sites (tertiary alicyclic amines) is 1. The fraction of sp³-hybridized carbons (Fsp3) is 0.615. The van der Waals surface area contributed by atoms with E-state index in [1.165, 1.54) is 0 Å². The minimum absolute atomic E-state index is 0. The second-order valence-electron chi connectivity index (χ2n) is 4.61. The van der Waals surface area contributed by atoms with E-state index in [1.807, 2.05) is 29.6 Å². The van der Waals surface area contributed by atoms with Crippen LogP contribution < -0.4 is 5.32 Å². The highest BCUT2D eigenvalue weighted by atomic mass is 35.5. The van der Waals surface area contributed by atoms with Gasteiger partial charge in [-0.2, -0.15) is 0 Å². The van der Waals surface area contributed by atoms with Crippen LogP contribution in [-0.2, 0) is 0 Å². The zero-order chi connectivity index (χ0) is 13.0. The Morgan fingerprint density at radius 1 is 1.53 bits per heavy atom. The lowest BCUT2D eigenvalue weighted by atomic mass is 9.97. The maximum absolute atomic E-state index is 12.4. The standard InChI is InChI=1S/C13H20N2OS2.ClH/c1-14-9-10-3-6-15(7-4-10)13(16)12-11(17-2)5-8-18-12;/h5,8,10,14H,3-4,6-7,9H2,1-2H3;1H. The van der Waals surface area contributed by atoms with E-state index in [9.17, 15) is 4.79 Å². The molecule has 0 saturated carbocycles. The van der Waals surface area contributed by atoms with E-state index in [1.54, 1.807) is 23.1 Å². The van der Waals surface area contributed by atoms with E-state index in [4.69, 9.17) is 0 Å². The fourth-order valence-corrected chi connectivity index (χ4v) is 4.10. The summed E-state index contributed by atoms with van der Waals surface area (Å²) in [4.78, 5) is 16.4. The smallest absolute Gasteiger partial charge is 0.265 e. The monoisotopic (exact) mass is 320 g/mol. The molecule has 1 N–H and O–H groups in total. The van der Waals surface area contributed by atoms with Crippen LogP contribution >= 0.6 is 35.5 Å². The quantitative estimate of drug-likeness (QED) is 0.866. The predicted octanol–water partition coefficient (Wildman–Crippen LogP) is 2.96. The lowest BCUT2D eigenvalue weighted by Gasteiger charge is -2.31. The van der Waals surface area contributed by atoms with Crippen molar-refractivity contribution in [2.24, 2.45) is 5.92 Å². The van der Waals surface area contributed by atoms with Gasteiger partial charge < -0.3 is 10.2 Å². The van der Waals surface area contributed by atoms with E-state index in [-0.39, 0.29) is 18.3 Å². The molecule has 0 atom stereocenters. The maximum atomic E-state index is 12.4. The van der Waals surface area contributed by atoms with Crippen LogP contribution in [0.1, 0.15) is 22.5 Å². The third-order valence-electron chi connectivity index (χ3n) is 3.44. The molecule has 3 nitrogen and oxygen atoms in total. The number of thiophene rings is 1. The largest absolute Gasteiger partial charge is 0.338 e. The van der Waals surface area contributed by atoms with Gasteiger partial charge in [0.1, 0.15) is 4.88 Å². The Hall–Kier alpha value is -0.230. The van der Waals surface area contributed by atoms with Gasteiger partial charge >= 0.3 is 0 Å². The molecule has 1 aliphatic heterocycles. The van der Waals surface area contributed by atoms with Gasteiger partial charge in [-0.15, -0.1) is 35.5 Å². The zero-order valence-electron chi connectivity index (χ0n) is 11.3. The van der Waals surface area contributed by atoms with E-state index >= 15 is 0 Å². The second kappa shape index (κ2) is 8.15. The molecule has 108 valence electrons. The van der Waals surface area contributed by atoms with Crippen LogP contribution in [0.4, 0.5) is 0 Å². The van der Waals surface area contributed by atoms with Crippen LogP contribution in [0.15, 0.2) is 16.3 Å². The first-order valence-corrected chi connectivity index (χ1v) is 8.42. The number of thioether (sulfide) groups is 1. The van der Waals surface area contributed by atoms with Gasteiger partial charge in [-0.25, -0.2) is 0 Å². The number of carbonyl (C=O) groups is 1. The molecule has 1 amide bonds. The minimum Gasteiger partial charge on any atom is -0.338 e. The SMILES string of the molecule is CNCC1CCN(C(=O)c2sccc2SC)CC1.Cl. The van der Waals surface area contributed by atoms with Crippen molar-refractivity contribution in [2.45, 2.75) is 17.7 Å². The second-order valence-corrected chi connectivity index (χ2v) is 6.38. The Morgan fingerprint density at radius 2 is 2.21 bits per heavy atom. The van der Waals surface area contributed by atoms with Crippen molar-refractivity contribution in [1.82, 2.24) is 10.2 Å². The van der Waals surface area contributed by atoms with Gasteiger partial charge in [0.15, 0.2) is 0 Å². The Morgan fingerprint density at radius 3 is 2.79 bits per heavy atom. The first kappa shape index (κ1) is 16.8. The molecular formula is C13H21ClN2OS2. The molecule has 6 heteroatoms. The lowest BCUT2D eigenvalue weighted by molar-refractivity contribution is 0.0692. The first-order chi connectivity index (χ1) is 8.76. The Balaban J connectivity index is 0.00000180. The third kappa shape index (κ3) is 4.12. The van der Waals surface area contributed by atoms with Gasteiger partial charge in [0.25, 0.3) is 5.91 Å². The predicted molar refractivity (Wildman–Crippen MR) is 85.9 cm³/mol. The first-order valence-electron chi connectivity index (χ1n) is 6.31. The van der Waals surface area contributed by atoms with E-state index in [2.05, 4.69) is 5.32 Å². The molecule has 0 aliphatic carbocycles. The summed E-state index contributed by atoms with van der Waals surface area (Å²) in [5, 5.41) is 5.23. The Bertz CT molecular complexity index is 403. The van der Waals surface area contributed by atoms with E-state index in [0.29, 0.717) is 0 Å². The highest BCUT2D eigenvalue weighted by Crippen LogP contribution is 2.28. The number of hydrogen-bond acceptors (Lipinski definition) is 4. The molecule has 1 aliphatic rings. The van der Waals surface area contributed by atoms with Gasteiger partial charge in [0.2, 0.25) is 0 Å². The molecule has 0 aromatic carbocycles. The number of nitrogens with one attached hydrogen (secondary N) is 1. The number of hydrogen-bond donors (Lipinski definition) is 1. The van der Waals surface area contributed by atoms with Crippen molar-refractivity contribution in [3.8, 4) is 0 Å². The summed E-state index contributed by atoms with van der Waals surface area (Å²) in [5.41, 5.74) is 0. The van der Waals surface area contributed by atoms with Gasteiger partial charge in [-0.1, -0.05) is 0 Å². The number of halogens is 1. The van der Waals surface area contributed by atoms with E-state index in [0.717, 1.165) is 48.2 Å². The topological polar surface area (TPSA) is 32.3 Å².